The fourth-order valence-electron chi connectivity index (χ4n) is 2.02. The number of hydrogen-bond acceptors (Lipinski definition) is 2. The molecule has 0 amide bonds. The minimum absolute atomic E-state index is 0.0631. The van der Waals surface area contributed by atoms with Crippen LogP contribution in [0.1, 0.15) is 43.5 Å². The molecule has 0 fully saturated rings. The molecule has 2 atom stereocenters. The van der Waals surface area contributed by atoms with E-state index in [1.165, 1.54) is 5.56 Å². The summed E-state index contributed by atoms with van der Waals surface area (Å²) in [6.45, 7) is 8.01. The maximum atomic E-state index is 12.5. The van der Waals surface area contributed by atoms with Gasteiger partial charge in [-0.25, -0.2) is 0 Å². The maximum absolute atomic E-state index is 12.5. The first kappa shape index (κ1) is 16.1. The lowest BCUT2D eigenvalue weighted by atomic mass is 9.99. The molecule has 21 heavy (non-hydrogen) atoms. The quantitative estimate of drug-likeness (QED) is 0.862. The van der Waals surface area contributed by atoms with Gasteiger partial charge in [0.2, 0.25) is 0 Å². The van der Waals surface area contributed by atoms with Crippen LogP contribution in [0.5, 0.6) is 0 Å². The molecule has 0 bridgehead atoms. The van der Waals surface area contributed by atoms with E-state index in [-0.39, 0.29) is 10.8 Å². The molecule has 0 spiro atoms. The average molecular weight is 301 g/mol. The Hall–Kier alpha value is -1.29. The van der Waals surface area contributed by atoms with Crippen molar-refractivity contribution in [2.24, 2.45) is 0 Å². The van der Waals surface area contributed by atoms with Crippen molar-refractivity contribution in [3.8, 4) is 0 Å². The van der Waals surface area contributed by atoms with E-state index < -0.39 is 11.4 Å². The van der Waals surface area contributed by atoms with E-state index in [4.69, 9.17) is 0 Å². The Bertz CT molecular complexity index is 560. The molecule has 0 aliphatic carbocycles. The van der Waals surface area contributed by atoms with Crippen molar-refractivity contribution in [3.63, 3.8) is 0 Å². The molecule has 2 nitrogen and oxygen atoms in total. The van der Waals surface area contributed by atoms with Crippen LogP contribution in [0.15, 0.2) is 54.6 Å². The summed E-state index contributed by atoms with van der Waals surface area (Å²) in [6.07, 6.45) is 0. The van der Waals surface area contributed by atoms with Crippen LogP contribution in [0.4, 0.5) is 0 Å². The molecule has 0 aliphatic heterocycles. The number of nitrogens with one attached hydrogen (secondary N) is 1. The summed E-state index contributed by atoms with van der Waals surface area (Å²) >= 11 is -1.12. The van der Waals surface area contributed by atoms with Crippen LogP contribution < -0.4 is 4.72 Å². The summed E-state index contributed by atoms with van der Waals surface area (Å²) in [4.78, 5) is 0. The molecular weight excluding hydrogens is 278 g/mol. The van der Waals surface area contributed by atoms with Crippen molar-refractivity contribution in [2.75, 3.05) is 0 Å². The minimum Gasteiger partial charge on any atom is -0.598 e. The molecule has 0 saturated carbocycles. The Morgan fingerprint density at radius 2 is 1.43 bits per heavy atom. The largest absolute Gasteiger partial charge is 0.598 e. The average Bonchev–Trinajstić information content (AvgIpc) is 2.45. The van der Waals surface area contributed by atoms with Gasteiger partial charge in [0.15, 0.2) is 0 Å². The molecular formula is C18H23NOS. The Balaban J connectivity index is 2.33. The van der Waals surface area contributed by atoms with Crippen LogP contribution in [0.25, 0.3) is 0 Å². The predicted molar refractivity (Wildman–Crippen MR) is 90.5 cm³/mol. The molecule has 2 aromatic carbocycles. The van der Waals surface area contributed by atoms with Gasteiger partial charge in [-0.15, -0.1) is 4.72 Å². The van der Waals surface area contributed by atoms with Gasteiger partial charge >= 0.3 is 0 Å². The Labute approximate surface area is 130 Å². The summed E-state index contributed by atoms with van der Waals surface area (Å²) in [7, 11) is 0. The topological polar surface area (TPSA) is 35.1 Å². The lowest BCUT2D eigenvalue weighted by Gasteiger charge is -2.28. The monoisotopic (exact) mass is 301 g/mol. The highest BCUT2D eigenvalue weighted by molar-refractivity contribution is 7.90. The van der Waals surface area contributed by atoms with Gasteiger partial charge in [-0.05, 0) is 38.8 Å². The third-order valence-electron chi connectivity index (χ3n) is 3.32. The summed E-state index contributed by atoms with van der Waals surface area (Å²) in [5.74, 6) is 0. The molecule has 0 aliphatic rings. The van der Waals surface area contributed by atoms with Gasteiger partial charge in [0, 0.05) is 11.4 Å². The smallest absolute Gasteiger partial charge is 0.136 e. The van der Waals surface area contributed by atoms with Gasteiger partial charge in [-0.1, -0.05) is 60.2 Å². The zero-order chi connectivity index (χ0) is 15.5. The first-order chi connectivity index (χ1) is 9.88. The van der Waals surface area contributed by atoms with Crippen LogP contribution in [0.2, 0.25) is 0 Å². The number of benzene rings is 2. The van der Waals surface area contributed by atoms with Gasteiger partial charge in [-0.2, -0.15) is 0 Å². The van der Waals surface area contributed by atoms with Gasteiger partial charge in [0.25, 0.3) is 0 Å². The zero-order valence-corrected chi connectivity index (χ0v) is 13.9. The molecule has 3 heteroatoms. The first-order valence-electron chi connectivity index (χ1n) is 7.17. The van der Waals surface area contributed by atoms with Crippen molar-refractivity contribution in [2.45, 2.75) is 38.5 Å². The molecule has 112 valence electrons. The van der Waals surface area contributed by atoms with Gasteiger partial charge in [-0.3, -0.25) is 0 Å². The van der Waals surface area contributed by atoms with E-state index in [9.17, 15) is 4.55 Å². The van der Waals surface area contributed by atoms with E-state index in [2.05, 4.69) is 48.0 Å². The molecule has 2 aromatic rings. The maximum Gasteiger partial charge on any atom is 0.136 e. The number of rotatable bonds is 4. The van der Waals surface area contributed by atoms with E-state index in [1.54, 1.807) is 0 Å². The fraction of sp³-hybridized carbons (Fsp3) is 0.333. The Morgan fingerprint density at radius 3 is 1.95 bits per heavy atom. The molecule has 2 rings (SSSR count). The molecule has 1 unspecified atom stereocenters. The number of aryl methyl sites for hydroxylation is 1. The zero-order valence-electron chi connectivity index (χ0n) is 13.1. The van der Waals surface area contributed by atoms with E-state index in [0.717, 1.165) is 11.1 Å². The van der Waals surface area contributed by atoms with E-state index >= 15 is 0 Å². The third-order valence-corrected chi connectivity index (χ3v) is 4.89. The SMILES string of the molecule is Cc1ccc(C(N[S@@+]([O-])C(C)(C)C)c2ccccc2)cc1. The van der Waals surface area contributed by atoms with Crippen molar-refractivity contribution < 1.29 is 4.55 Å². The van der Waals surface area contributed by atoms with Crippen LogP contribution in [0, 0.1) is 6.92 Å². The second kappa shape index (κ2) is 6.65. The second-order valence-corrected chi connectivity index (χ2v) is 8.25. The lowest BCUT2D eigenvalue weighted by molar-refractivity contribution is 0.535. The van der Waals surface area contributed by atoms with E-state index in [1.807, 2.05) is 39.0 Å². The number of hydrogen-bond donors (Lipinski definition) is 1. The molecule has 0 radical (unpaired) electrons. The fourth-order valence-corrected chi connectivity index (χ4v) is 2.86. The second-order valence-electron chi connectivity index (χ2n) is 6.25. The Morgan fingerprint density at radius 1 is 0.905 bits per heavy atom. The van der Waals surface area contributed by atoms with Crippen molar-refractivity contribution in [3.05, 3.63) is 71.3 Å². The van der Waals surface area contributed by atoms with Crippen LogP contribution >= 0.6 is 0 Å². The van der Waals surface area contributed by atoms with Crippen LogP contribution in [-0.4, -0.2) is 9.30 Å². The Kier molecular flexibility index (Phi) is 5.09. The highest BCUT2D eigenvalue weighted by atomic mass is 32.2. The summed E-state index contributed by atoms with van der Waals surface area (Å²) in [6, 6.07) is 18.5. The van der Waals surface area contributed by atoms with Crippen LogP contribution in [-0.2, 0) is 11.4 Å². The third kappa shape index (κ3) is 4.34. The summed E-state index contributed by atoms with van der Waals surface area (Å²) in [5, 5.41) is 0. The van der Waals surface area contributed by atoms with Gasteiger partial charge < -0.3 is 4.55 Å². The summed E-state index contributed by atoms with van der Waals surface area (Å²) < 4.78 is 15.5. The van der Waals surface area contributed by atoms with Crippen molar-refractivity contribution in [1.29, 1.82) is 0 Å². The minimum atomic E-state index is -1.12. The highest BCUT2D eigenvalue weighted by Gasteiger charge is 2.30. The lowest BCUT2D eigenvalue weighted by Crippen LogP contribution is -2.41. The normalized spacial score (nSPS) is 14.7. The van der Waals surface area contributed by atoms with Crippen molar-refractivity contribution in [1.82, 2.24) is 4.72 Å². The van der Waals surface area contributed by atoms with Gasteiger partial charge in [0.1, 0.15) is 10.8 Å². The molecule has 0 aromatic heterocycles. The molecule has 0 saturated heterocycles. The van der Waals surface area contributed by atoms with Crippen LogP contribution in [0.3, 0.4) is 0 Å². The predicted octanol–water partition coefficient (Wildman–Crippen LogP) is 4.14. The summed E-state index contributed by atoms with van der Waals surface area (Å²) in [5.41, 5.74) is 3.48. The first-order valence-corrected chi connectivity index (χ1v) is 8.32. The van der Waals surface area contributed by atoms with Gasteiger partial charge in [0.05, 0.1) is 0 Å². The van der Waals surface area contributed by atoms with Crippen molar-refractivity contribution >= 4 is 11.4 Å². The highest BCUT2D eigenvalue weighted by Crippen LogP contribution is 2.26. The standard InChI is InChI=1S/C18H23NOS/c1-14-10-12-16(13-11-14)17(15-8-6-5-7-9-15)19-21(20)18(2,3)4/h5-13,17,19H,1-4H3/t17?,21-/m0/s1. The molecule has 0 heterocycles. The van der Waals surface area contributed by atoms with E-state index in [0.29, 0.717) is 0 Å². The molecule has 1 N–H and O–H groups in total.